The van der Waals surface area contributed by atoms with Gasteiger partial charge in [-0.2, -0.15) is 0 Å². The Morgan fingerprint density at radius 2 is 2.43 bits per heavy atom. The molecule has 39 valence electrons. The highest BCUT2D eigenvalue weighted by Gasteiger charge is 1.74. The van der Waals surface area contributed by atoms with E-state index in [2.05, 4.69) is 6.92 Å². The van der Waals surface area contributed by atoms with Crippen LogP contribution in [0.1, 0.15) is 19.3 Å². The molecular weight excluding hydrogens is 88.1 g/mol. The fraction of sp³-hybridized carbons (Fsp3) is 0.500. The van der Waals surface area contributed by atoms with E-state index in [-0.39, 0.29) is 0 Å². The molecule has 0 aromatic rings. The van der Waals surface area contributed by atoms with Crippen molar-refractivity contribution in [1.82, 2.24) is 0 Å². The van der Waals surface area contributed by atoms with E-state index >= 15 is 0 Å². The third kappa shape index (κ3) is 5.45. The van der Waals surface area contributed by atoms with Crippen LogP contribution in [0, 0.1) is 6.92 Å². The second-order valence-corrected chi connectivity index (χ2v) is 1.32. The first-order valence-corrected chi connectivity index (χ1v) is 2.40. The maximum absolute atomic E-state index is 9.48. The molecule has 0 N–H and O–H groups in total. The lowest BCUT2D eigenvalue weighted by Gasteiger charge is -1.80. The van der Waals surface area contributed by atoms with Crippen LogP contribution in [0.2, 0.25) is 0 Å². The number of allylic oxidation sites excluding steroid dienone is 1. The summed E-state index contributed by atoms with van der Waals surface area (Å²) in [6, 6.07) is 0. The van der Waals surface area contributed by atoms with Gasteiger partial charge in [0, 0.05) is 0 Å². The number of rotatable bonds is 3. The molecule has 1 heteroatoms. The van der Waals surface area contributed by atoms with Crippen molar-refractivity contribution in [2.24, 2.45) is 0 Å². The van der Waals surface area contributed by atoms with Crippen LogP contribution in [0.25, 0.3) is 0 Å². The summed E-state index contributed by atoms with van der Waals surface area (Å²) in [7, 11) is 0. The zero-order valence-electron chi connectivity index (χ0n) is 4.31. The lowest BCUT2D eigenvalue weighted by molar-refractivity contribution is 0.568. The Morgan fingerprint density at radius 3 is 2.86 bits per heavy atom. The minimum absolute atomic E-state index is 0.826. The van der Waals surface area contributed by atoms with Crippen molar-refractivity contribution in [2.45, 2.75) is 19.3 Å². The number of hydrogen-bond donors (Lipinski definition) is 0. The van der Waals surface area contributed by atoms with Gasteiger partial charge in [-0.3, -0.25) is 0 Å². The minimum Gasteiger partial charge on any atom is -0.234 e. The fourth-order valence-electron chi connectivity index (χ4n) is 0.305. The molecule has 0 atom stereocenters. The first-order valence-electron chi connectivity index (χ1n) is 2.40. The average Bonchev–Trinajstić information content (AvgIpc) is 1.69. The van der Waals surface area contributed by atoms with E-state index in [1.807, 2.05) is 0 Å². The van der Waals surface area contributed by atoms with Crippen molar-refractivity contribution in [1.29, 1.82) is 0 Å². The van der Waals surface area contributed by atoms with Crippen LogP contribution < -0.4 is 0 Å². The Bertz CT molecular complexity index is 70.2. The van der Waals surface area contributed by atoms with Crippen LogP contribution in [0.5, 0.6) is 0 Å². The Morgan fingerprint density at radius 1 is 1.71 bits per heavy atom. The summed E-state index contributed by atoms with van der Waals surface area (Å²) in [6.45, 7) is 3.61. The molecular formula is C6H9O. The third-order valence-electron chi connectivity index (χ3n) is 0.682. The molecule has 0 saturated heterocycles. The van der Waals surface area contributed by atoms with E-state index < -0.39 is 0 Å². The van der Waals surface area contributed by atoms with Crippen molar-refractivity contribution in [3.63, 3.8) is 0 Å². The maximum atomic E-state index is 9.48. The second-order valence-electron chi connectivity index (χ2n) is 1.32. The highest BCUT2D eigenvalue weighted by atomic mass is 16.1. The monoisotopic (exact) mass is 97.1 g/mol. The van der Waals surface area contributed by atoms with Gasteiger partial charge >= 0.3 is 0 Å². The van der Waals surface area contributed by atoms with Gasteiger partial charge in [0.25, 0.3) is 0 Å². The summed E-state index contributed by atoms with van der Waals surface area (Å²) in [5.74, 6) is 1.70. The van der Waals surface area contributed by atoms with Crippen LogP contribution in [-0.2, 0) is 4.79 Å². The van der Waals surface area contributed by atoms with Crippen molar-refractivity contribution in [3.05, 3.63) is 13.0 Å². The lowest BCUT2D eigenvalue weighted by atomic mass is 10.2. The molecule has 0 saturated carbocycles. The molecule has 0 bridgehead atoms. The van der Waals surface area contributed by atoms with E-state index in [0.29, 0.717) is 0 Å². The molecule has 0 aromatic heterocycles. The quantitative estimate of drug-likeness (QED) is 0.384. The maximum Gasteiger partial charge on any atom is 0.120 e. The van der Waals surface area contributed by atoms with E-state index in [1.54, 1.807) is 5.94 Å². The molecule has 0 fully saturated rings. The van der Waals surface area contributed by atoms with Crippen LogP contribution >= 0.6 is 0 Å². The first kappa shape index (κ1) is 6.45. The summed E-state index contributed by atoms with van der Waals surface area (Å²) < 4.78 is 0. The van der Waals surface area contributed by atoms with Gasteiger partial charge in [-0.1, -0.05) is 13.3 Å². The van der Waals surface area contributed by atoms with Crippen LogP contribution in [-0.4, -0.2) is 5.94 Å². The van der Waals surface area contributed by atoms with Crippen LogP contribution in [0.4, 0.5) is 0 Å². The minimum atomic E-state index is 0.826. The Hall–Kier alpha value is -0.550. The molecule has 0 rings (SSSR count). The highest BCUT2D eigenvalue weighted by Crippen LogP contribution is 1.90. The summed E-state index contributed by atoms with van der Waals surface area (Å²) in [6.07, 6.45) is 4.21. The van der Waals surface area contributed by atoms with Gasteiger partial charge < -0.3 is 0 Å². The molecule has 0 aliphatic heterocycles. The third-order valence-corrected chi connectivity index (χ3v) is 0.682. The SMILES string of the molecule is [CH2]CCCC=C=O. The molecule has 0 spiro atoms. The van der Waals surface area contributed by atoms with Gasteiger partial charge in [0.15, 0.2) is 0 Å². The van der Waals surface area contributed by atoms with Crippen molar-refractivity contribution in [3.8, 4) is 0 Å². The molecule has 0 aliphatic rings. The van der Waals surface area contributed by atoms with Crippen molar-refractivity contribution >= 4 is 5.94 Å². The normalized spacial score (nSPS) is 7.57. The number of unbranched alkanes of at least 4 members (excludes halogenated alkanes) is 2. The largest absolute Gasteiger partial charge is 0.234 e. The number of carbonyl (C=O) groups excluding carboxylic acids is 1. The Balaban J connectivity index is 2.83. The van der Waals surface area contributed by atoms with Crippen LogP contribution in [0.15, 0.2) is 6.08 Å². The molecule has 1 nitrogen and oxygen atoms in total. The highest BCUT2D eigenvalue weighted by molar-refractivity contribution is 5.44. The van der Waals surface area contributed by atoms with E-state index in [9.17, 15) is 4.79 Å². The number of hydrogen-bond acceptors (Lipinski definition) is 1. The van der Waals surface area contributed by atoms with Gasteiger partial charge in [-0.05, 0) is 18.9 Å². The van der Waals surface area contributed by atoms with Gasteiger partial charge in [-0.25, -0.2) is 4.79 Å². The van der Waals surface area contributed by atoms with E-state index in [0.717, 1.165) is 19.3 Å². The van der Waals surface area contributed by atoms with Gasteiger partial charge in [0.1, 0.15) is 5.94 Å². The molecule has 1 radical (unpaired) electrons. The van der Waals surface area contributed by atoms with Crippen LogP contribution in [0.3, 0.4) is 0 Å². The Kier molecular flexibility index (Phi) is 5.02. The van der Waals surface area contributed by atoms with Crippen molar-refractivity contribution in [2.75, 3.05) is 0 Å². The summed E-state index contributed by atoms with van der Waals surface area (Å²) in [5.41, 5.74) is 0. The van der Waals surface area contributed by atoms with Gasteiger partial charge in [0.2, 0.25) is 0 Å². The topological polar surface area (TPSA) is 17.1 Å². The average molecular weight is 97.1 g/mol. The zero-order chi connectivity index (χ0) is 5.54. The standard InChI is InChI=1S/C6H9O/c1-2-3-4-5-6-7/h5H,1-4H2. The molecule has 0 heterocycles. The van der Waals surface area contributed by atoms with Gasteiger partial charge in [0.05, 0.1) is 0 Å². The van der Waals surface area contributed by atoms with E-state index in [1.165, 1.54) is 6.08 Å². The molecule has 0 aliphatic carbocycles. The van der Waals surface area contributed by atoms with E-state index in [4.69, 9.17) is 0 Å². The second kappa shape index (κ2) is 5.45. The van der Waals surface area contributed by atoms with Crippen molar-refractivity contribution < 1.29 is 4.79 Å². The summed E-state index contributed by atoms with van der Waals surface area (Å²) in [4.78, 5) is 9.48. The molecule has 0 aromatic carbocycles. The molecule has 0 unspecified atom stereocenters. The van der Waals surface area contributed by atoms with Gasteiger partial charge in [-0.15, -0.1) is 0 Å². The smallest absolute Gasteiger partial charge is 0.120 e. The first-order chi connectivity index (χ1) is 3.41. The predicted octanol–water partition coefficient (Wildman–Crippen LogP) is 1.38. The zero-order valence-corrected chi connectivity index (χ0v) is 4.31. The fourth-order valence-corrected chi connectivity index (χ4v) is 0.305. The molecule has 0 amide bonds. The Labute approximate surface area is 44.0 Å². The summed E-state index contributed by atoms with van der Waals surface area (Å²) in [5, 5.41) is 0. The lowest BCUT2D eigenvalue weighted by Crippen LogP contribution is -1.65. The molecule has 7 heavy (non-hydrogen) atoms. The summed E-state index contributed by atoms with van der Waals surface area (Å²) >= 11 is 0. The predicted molar refractivity (Wildman–Crippen MR) is 29.5 cm³/mol.